The molecule has 0 fully saturated rings. The van der Waals surface area contributed by atoms with Crippen LogP contribution in [0.25, 0.3) is 11.4 Å². The van der Waals surface area contributed by atoms with Crippen molar-refractivity contribution >= 4 is 5.71 Å². The van der Waals surface area contributed by atoms with E-state index in [9.17, 15) is 0 Å². The summed E-state index contributed by atoms with van der Waals surface area (Å²) in [5, 5.41) is 13.0. The fourth-order valence-electron chi connectivity index (χ4n) is 3.43. The summed E-state index contributed by atoms with van der Waals surface area (Å²) in [6.45, 7) is 5.97. The molecule has 1 aromatic carbocycles. The van der Waals surface area contributed by atoms with E-state index in [-0.39, 0.29) is 6.10 Å². The van der Waals surface area contributed by atoms with Gasteiger partial charge in [-0.3, -0.25) is 4.90 Å². The molecule has 126 valence electrons. The van der Waals surface area contributed by atoms with Gasteiger partial charge in [-0.05, 0) is 6.42 Å². The maximum Gasteiger partial charge on any atom is 0.164 e. The maximum atomic E-state index is 5.56. The minimum Gasteiger partial charge on any atom is -0.391 e. The molecule has 0 bridgehead atoms. The van der Waals surface area contributed by atoms with Gasteiger partial charge in [-0.2, -0.15) is 0 Å². The zero-order valence-electron chi connectivity index (χ0n) is 14.1. The number of rotatable bonds is 4. The fraction of sp³-hybridized carbons (Fsp3) is 0.500. The Morgan fingerprint density at radius 3 is 2.79 bits per heavy atom. The highest BCUT2D eigenvalue weighted by Crippen LogP contribution is 2.21. The normalized spacial score (nSPS) is 21.0. The third-order valence-corrected chi connectivity index (χ3v) is 4.81. The first-order valence-electron chi connectivity index (χ1n) is 8.75. The van der Waals surface area contributed by atoms with Crippen LogP contribution in [0.4, 0.5) is 0 Å². The van der Waals surface area contributed by atoms with Gasteiger partial charge >= 0.3 is 0 Å². The highest BCUT2D eigenvalue weighted by Gasteiger charge is 2.25. The van der Waals surface area contributed by atoms with E-state index in [0.29, 0.717) is 0 Å². The molecule has 0 saturated heterocycles. The summed E-state index contributed by atoms with van der Waals surface area (Å²) in [5.74, 6) is 2.05. The second-order valence-electron chi connectivity index (χ2n) is 6.45. The van der Waals surface area contributed by atoms with E-state index in [1.165, 1.54) is 5.71 Å². The van der Waals surface area contributed by atoms with Gasteiger partial charge in [0.15, 0.2) is 5.82 Å². The molecule has 1 aromatic heterocycles. The van der Waals surface area contributed by atoms with Crippen molar-refractivity contribution in [2.75, 3.05) is 19.6 Å². The summed E-state index contributed by atoms with van der Waals surface area (Å²) in [5.41, 5.74) is 2.31. The third-order valence-electron chi connectivity index (χ3n) is 4.81. The molecular formula is C18H23N5O. The Bertz CT molecular complexity index is 724. The zero-order valence-corrected chi connectivity index (χ0v) is 14.1. The van der Waals surface area contributed by atoms with Crippen molar-refractivity contribution in [3.05, 3.63) is 36.2 Å². The Labute approximate surface area is 142 Å². The average molecular weight is 325 g/mol. The number of hydrogen-bond acceptors (Lipinski definition) is 5. The van der Waals surface area contributed by atoms with Gasteiger partial charge in [0.05, 0.1) is 5.71 Å². The second-order valence-corrected chi connectivity index (χ2v) is 6.45. The lowest BCUT2D eigenvalue weighted by Crippen LogP contribution is -2.35. The summed E-state index contributed by atoms with van der Waals surface area (Å²) in [6, 6.07) is 10.3. The molecule has 0 aliphatic carbocycles. The van der Waals surface area contributed by atoms with E-state index in [1.807, 2.05) is 18.2 Å². The van der Waals surface area contributed by atoms with Crippen molar-refractivity contribution in [1.82, 2.24) is 19.7 Å². The van der Waals surface area contributed by atoms with Crippen LogP contribution in [-0.2, 0) is 17.8 Å². The van der Waals surface area contributed by atoms with Crippen molar-refractivity contribution in [2.45, 2.75) is 38.8 Å². The molecule has 6 heteroatoms. The van der Waals surface area contributed by atoms with E-state index < -0.39 is 0 Å². The molecule has 24 heavy (non-hydrogen) atoms. The monoisotopic (exact) mass is 325 g/mol. The van der Waals surface area contributed by atoms with Crippen LogP contribution in [-0.4, -0.2) is 51.1 Å². The Hall–Kier alpha value is -2.21. The topological polar surface area (TPSA) is 55.5 Å². The zero-order chi connectivity index (χ0) is 16.4. The molecule has 2 aliphatic rings. The molecule has 0 amide bonds. The smallest absolute Gasteiger partial charge is 0.164 e. The van der Waals surface area contributed by atoms with Crippen molar-refractivity contribution in [3.63, 3.8) is 0 Å². The largest absolute Gasteiger partial charge is 0.391 e. The van der Waals surface area contributed by atoms with Crippen LogP contribution in [0.5, 0.6) is 0 Å². The van der Waals surface area contributed by atoms with E-state index in [2.05, 4.69) is 43.9 Å². The average Bonchev–Trinajstić information content (AvgIpc) is 3.20. The summed E-state index contributed by atoms with van der Waals surface area (Å²) in [4.78, 5) is 8.02. The van der Waals surface area contributed by atoms with E-state index in [0.717, 1.165) is 62.7 Å². The van der Waals surface area contributed by atoms with Crippen molar-refractivity contribution in [2.24, 2.45) is 5.16 Å². The first kappa shape index (κ1) is 15.3. The number of fused-ring (bicyclic) bond motifs is 1. The number of nitrogens with zero attached hydrogens (tertiary/aromatic N) is 5. The lowest BCUT2D eigenvalue weighted by Gasteiger charge is -2.22. The second kappa shape index (κ2) is 6.73. The predicted molar refractivity (Wildman–Crippen MR) is 92.8 cm³/mol. The molecule has 0 saturated carbocycles. The van der Waals surface area contributed by atoms with Gasteiger partial charge in [0.25, 0.3) is 0 Å². The first-order valence-corrected chi connectivity index (χ1v) is 8.75. The lowest BCUT2D eigenvalue weighted by molar-refractivity contribution is 0.0530. The molecule has 2 aliphatic heterocycles. The molecule has 0 spiro atoms. The molecule has 2 aromatic rings. The Kier molecular flexibility index (Phi) is 4.30. The SMILES string of the molecule is CCC1=NOC(CN2CCc3nnc(-c4ccccc4)n3CC2)C1. The Balaban J connectivity index is 1.43. The van der Waals surface area contributed by atoms with Crippen LogP contribution in [0.3, 0.4) is 0 Å². The summed E-state index contributed by atoms with van der Waals surface area (Å²) in [6.07, 6.45) is 3.08. The van der Waals surface area contributed by atoms with Crippen molar-refractivity contribution in [1.29, 1.82) is 0 Å². The van der Waals surface area contributed by atoms with Gasteiger partial charge < -0.3 is 9.40 Å². The van der Waals surface area contributed by atoms with Gasteiger partial charge in [0.1, 0.15) is 11.9 Å². The van der Waals surface area contributed by atoms with Crippen LogP contribution in [0.1, 0.15) is 25.6 Å². The van der Waals surface area contributed by atoms with E-state index >= 15 is 0 Å². The molecule has 3 heterocycles. The van der Waals surface area contributed by atoms with E-state index in [4.69, 9.17) is 4.84 Å². The van der Waals surface area contributed by atoms with Crippen LogP contribution in [0.15, 0.2) is 35.5 Å². The molecule has 4 rings (SSSR count). The molecule has 6 nitrogen and oxygen atoms in total. The number of hydrogen-bond donors (Lipinski definition) is 0. The number of benzene rings is 1. The van der Waals surface area contributed by atoms with Crippen molar-refractivity contribution in [3.8, 4) is 11.4 Å². The van der Waals surface area contributed by atoms with Gasteiger partial charge in [-0.25, -0.2) is 0 Å². The van der Waals surface area contributed by atoms with Crippen molar-refractivity contribution < 1.29 is 4.84 Å². The maximum absolute atomic E-state index is 5.56. The summed E-state index contributed by atoms with van der Waals surface area (Å²) < 4.78 is 2.26. The highest BCUT2D eigenvalue weighted by atomic mass is 16.6. The van der Waals surface area contributed by atoms with Gasteiger partial charge in [0.2, 0.25) is 0 Å². The van der Waals surface area contributed by atoms with Crippen LogP contribution < -0.4 is 0 Å². The molecule has 1 atom stereocenters. The standard InChI is InChI=1S/C18H23N5O/c1-2-15-12-16(24-21-15)13-22-9-8-17-19-20-18(23(17)11-10-22)14-6-4-3-5-7-14/h3-7,16H,2,8-13H2,1H3. The van der Waals surface area contributed by atoms with Crippen LogP contribution >= 0.6 is 0 Å². The number of aromatic nitrogens is 3. The molecule has 1 unspecified atom stereocenters. The van der Waals surface area contributed by atoms with Gasteiger partial charge in [-0.15, -0.1) is 10.2 Å². The predicted octanol–water partition coefficient (Wildman–Crippen LogP) is 2.36. The quantitative estimate of drug-likeness (QED) is 0.866. The number of oxime groups is 1. The molecule has 0 radical (unpaired) electrons. The van der Waals surface area contributed by atoms with Gasteiger partial charge in [0, 0.05) is 44.6 Å². The molecular weight excluding hydrogens is 302 g/mol. The Morgan fingerprint density at radius 1 is 1.12 bits per heavy atom. The lowest BCUT2D eigenvalue weighted by atomic mass is 10.1. The Morgan fingerprint density at radius 2 is 2.00 bits per heavy atom. The highest BCUT2D eigenvalue weighted by molar-refractivity contribution is 5.85. The third kappa shape index (κ3) is 3.06. The minimum absolute atomic E-state index is 0.206. The minimum atomic E-state index is 0.206. The van der Waals surface area contributed by atoms with Gasteiger partial charge in [-0.1, -0.05) is 42.4 Å². The molecule has 0 N–H and O–H groups in total. The summed E-state index contributed by atoms with van der Waals surface area (Å²) >= 11 is 0. The fourth-order valence-corrected chi connectivity index (χ4v) is 3.43. The van der Waals surface area contributed by atoms with E-state index in [1.54, 1.807) is 0 Å². The van der Waals surface area contributed by atoms with Crippen LogP contribution in [0, 0.1) is 0 Å². The summed E-state index contributed by atoms with van der Waals surface area (Å²) in [7, 11) is 0. The van der Waals surface area contributed by atoms with Crippen LogP contribution in [0.2, 0.25) is 0 Å². The first-order chi connectivity index (χ1) is 11.8.